The van der Waals surface area contributed by atoms with Gasteiger partial charge < -0.3 is 4.74 Å². The van der Waals surface area contributed by atoms with E-state index in [0.717, 1.165) is 11.3 Å². The van der Waals surface area contributed by atoms with Crippen LogP contribution in [0.1, 0.15) is 19.4 Å². The number of thioether (sulfide) groups is 1. The van der Waals surface area contributed by atoms with Gasteiger partial charge in [-0.3, -0.25) is 4.79 Å². The molecule has 0 bridgehead atoms. The molecule has 0 radical (unpaired) electrons. The van der Waals surface area contributed by atoms with Crippen molar-refractivity contribution in [2.75, 3.05) is 12.4 Å². The number of hydrogen-bond acceptors (Lipinski definition) is 5. The molecule has 0 amide bonds. The van der Waals surface area contributed by atoms with Gasteiger partial charge in [0.2, 0.25) is 0 Å². The molecule has 3 rings (SSSR count). The fourth-order valence-electron chi connectivity index (χ4n) is 2.42. The Hall–Kier alpha value is -2.18. The summed E-state index contributed by atoms with van der Waals surface area (Å²) in [6.07, 6.45) is 1.94. The molecule has 1 aromatic carbocycles. The first-order valence-electron chi connectivity index (χ1n) is 8.25. The Balaban J connectivity index is 2.04. The van der Waals surface area contributed by atoms with Gasteiger partial charge in [-0.1, -0.05) is 30.0 Å². The summed E-state index contributed by atoms with van der Waals surface area (Å²) >= 11 is 1.50. The smallest absolute Gasteiger partial charge is 0.267 e. The monoisotopic (exact) mass is 355 g/mol. The Bertz CT molecular complexity index is 920. The fourth-order valence-corrected chi connectivity index (χ4v) is 3.25. The van der Waals surface area contributed by atoms with Crippen molar-refractivity contribution in [3.05, 3.63) is 58.5 Å². The summed E-state index contributed by atoms with van der Waals surface area (Å²) < 4.78 is 7.18. The minimum atomic E-state index is -0.103. The number of aromatic nitrogens is 3. The highest BCUT2D eigenvalue weighted by molar-refractivity contribution is 7.99. The van der Waals surface area contributed by atoms with Crippen molar-refractivity contribution in [1.82, 2.24) is 14.5 Å². The van der Waals surface area contributed by atoms with Crippen LogP contribution >= 0.6 is 11.8 Å². The van der Waals surface area contributed by atoms with Crippen LogP contribution in [0.15, 0.2) is 52.5 Å². The van der Waals surface area contributed by atoms with Crippen LogP contribution in [0.2, 0.25) is 0 Å². The van der Waals surface area contributed by atoms with Crippen LogP contribution in [0.3, 0.4) is 0 Å². The first-order valence-corrected chi connectivity index (χ1v) is 9.24. The number of benzene rings is 1. The van der Waals surface area contributed by atoms with Gasteiger partial charge in [0.25, 0.3) is 5.56 Å². The number of aryl methyl sites for hydroxylation is 1. The molecule has 0 aliphatic carbocycles. The molecule has 0 aliphatic heterocycles. The lowest BCUT2D eigenvalue weighted by Gasteiger charge is -2.13. The first-order chi connectivity index (χ1) is 12.1. The minimum Gasteiger partial charge on any atom is -0.378 e. The van der Waals surface area contributed by atoms with Gasteiger partial charge in [-0.25, -0.2) is 14.5 Å². The molecule has 3 aromatic rings. The Morgan fingerprint density at radius 2 is 2.00 bits per heavy atom. The molecule has 0 atom stereocenters. The molecule has 0 N–H and O–H groups in total. The van der Waals surface area contributed by atoms with Crippen LogP contribution in [0.4, 0.5) is 0 Å². The molecule has 2 heterocycles. The second-order valence-corrected chi connectivity index (χ2v) is 7.08. The van der Waals surface area contributed by atoms with Crippen LogP contribution in [-0.4, -0.2) is 33.0 Å². The van der Waals surface area contributed by atoms with Gasteiger partial charge in [-0.2, -0.15) is 0 Å². The van der Waals surface area contributed by atoms with Crippen molar-refractivity contribution >= 4 is 22.7 Å². The van der Waals surface area contributed by atoms with E-state index < -0.39 is 0 Å². The van der Waals surface area contributed by atoms with E-state index in [1.54, 1.807) is 16.8 Å². The zero-order chi connectivity index (χ0) is 17.8. The number of hydrogen-bond donors (Lipinski definition) is 0. The van der Waals surface area contributed by atoms with E-state index in [1.807, 2.05) is 51.1 Å². The average molecular weight is 355 g/mol. The van der Waals surface area contributed by atoms with Crippen LogP contribution in [-0.2, 0) is 4.74 Å². The topological polar surface area (TPSA) is 57.0 Å². The van der Waals surface area contributed by atoms with Crippen molar-refractivity contribution in [1.29, 1.82) is 0 Å². The highest BCUT2D eigenvalue weighted by atomic mass is 32.2. The summed E-state index contributed by atoms with van der Waals surface area (Å²) in [4.78, 5) is 22.1. The molecule has 2 aromatic heterocycles. The Morgan fingerprint density at radius 1 is 1.20 bits per heavy atom. The predicted molar refractivity (Wildman–Crippen MR) is 102 cm³/mol. The van der Waals surface area contributed by atoms with E-state index in [-0.39, 0.29) is 11.7 Å². The standard InChI is InChI=1S/C19H21N3O2S/c1-13(2)24-10-11-25-19-21-16-7-5-4-6-15(16)18(23)22(19)17-9-8-14(3)12-20-17/h4-9,12-13H,10-11H2,1-3H3. The Labute approximate surface area is 151 Å². The van der Waals surface area contributed by atoms with E-state index in [2.05, 4.69) is 9.97 Å². The molecule has 0 unspecified atom stereocenters. The molecule has 130 valence electrons. The highest BCUT2D eigenvalue weighted by Crippen LogP contribution is 2.20. The maximum atomic E-state index is 13.0. The van der Waals surface area contributed by atoms with Gasteiger partial charge in [0, 0.05) is 11.9 Å². The molecule has 0 aliphatic rings. The third-order valence-corrected chi connectivity index (χ3v) is 4.54. The number of para-hydroxylation sites is 1. The summed E-state index contributed by atoms with van der Waals surface area (Å²) in [5.41, 5.74) is 1.64. The molecule has 6 heteroatoms. The first kappa shape index (κ1) is 17.6. The van der Waals surface area contributed by atoms with Crippen LogP contribution in [0.25, 0.3) is 16.7 Å². The predicted octanol–water partition coefficient (Wildman–Crippen LogP) is 3.61. The zero-order valence-electron chi connectivity index (χ0n) is 14.6. The van der Waals surface area contributed by atoms with Crippen molar-refractivity contribution in [3.8, 4) is 5.82 Å². The van der Waals surface area contributed by atoms with Gasteiger partial charge in [0.15, 0.2) is 5.16 Å². The van der Waals surface area contributed by atoms with Crippen molar-refractivity contribution in [2.45, 2.75) is 32.0 Å². The number of ether oxygens (including phenoxy) is 1. The lowest BCUT2D eigenvalue weighted by atomic mass is 10.2. The summed E-state index contributed by atoms with van der Waals surface area (Å²) in [5, 5.41) is 1.22. The second kappa shape index (κ2) is 7.80. The Morgan fingerprint density at radius 3 is 2.72 bits per heavy atom. The number of pyridine rings is 1. The van der Waals surface area contributed by atoms with Crippen molar-refractivity contribution < 1.29 is 4.74 Å². The van der Waals surface area contributed by atoms with E-state index in [1.165, 1.54) is 11.8 Å². The summed E-state index contributed by atoms with van der Waals surface area (Å²) in [6.45, 7) is 6.58. The van der Waals surface area contributed by atoms with E-state index in [4.69, 9.17) is 4.74 Å². The Kier molecular flexibility index (Phi) is 5.50. The van der Waals surface area contributed by atoms with E-state index in [0.29, 0.717) is 28.5 Å². The third kappa shape index (κ3) is 4.08. The number of rotatable bonds is 6. The quantitative estimate of drug-likeness (QED) is 0.384. The van der Waals surface area contributed by atoms with Crippen molar-refractivity contribution in [2.24, 2.45) is 0 Å². The van der Waals surface area contributed by atoms with Gasteiger partial charge in [0.05, 0.1) is 23.6 Å². The number of nitrogens with zero attached hydrogens (tertiary/aromatic N) is 3. The van der Waals surface area contributed by atoms with Gasteiger partial charge in [-0.05, 0) is 44.5 Å². The van der Waals surface area contributed by atoms with E-state index >= 15 is 0 Å². The highest BCUT2D eigenvalue weighted by Gasteiger charge is 2.14. The van der Waals surface area contributed by atoms with Crippen molar-refractivity contribution in [3.63, 3.8) is 0 Å². The third-order valence-electron chi connectivity index (χ3n) is 3.64. The SMILES string of the molecule is Cc1ccc(-n2c(SCCOC(C)C)nc3ccccc3c2=O)nc1. The molecule has 0 saturated heterocycles. The van der Waals surface area contributed by atoms with Crippen LogP contribution in [0, 0.1) is 6.92 Å². The van der Waals surface area contributed by atoms with E-state index in [9.17, 15) is 4.79 Å². The fraction of sp³-hybridized carbons (Fsp3) is 0.316. The van der Waals surface area contributed by atoms with Gasteiger partial charge in [-0.15, -0.1) is 0 Å². The molecule has 5 nitrogen and oxygen atoms in total. The zero-order valence-corrected chi connectivity index (χ0v) is 15.4. The molecular formula is C19H21N3O2S. The minimum absolute atomic E-state index is 0.103. The maximum Gasteiger partial charge on any atom is 0.267 e. The maximum absolute atomic E-state index is 13.0. The molecular weight excluding hydrogens is 334 g/mol. The second-order valence-electron chi connectivity index (χ2n) is 6.01. The molecule has 25 heavy (non-hydrogen) atoms. The van der Waals surface area contributed by atoms with Gasteiger partial charge in [0.1, 0.15) is 5.82 Å². The molecule has 0 fully saturated rings. The number of fused-ring (bicyclic) bond motifs is 1. The van der Waals surface area contributed by atoms with Gasteiger partial charge >= 0.3 is 0 Å². The summed E-state index contributed by atoms with van der Waals surface area (Å²) in [5.74, 6) is 1.30. The lowest BCUT2D eigenvalue weighted by Crippen LogP contribution is -2.23. The average Bonchev–Trinajstić information content (AvgIpc) is 2.60. The largest absolute Gasteiger partial charge is 0.378 e. The molecule has 0 spiro atoms. The van der Waals surface area contributed by atoms with Crippen LogP contribution in [0.5, 0.6) is 0 Å². The summed E-state index contributed by atoms with van der Waals surface area (Å²) in [6, 6.07) is 11.2. The van der Waals surface area contributed by atoms with Crippen LogP contribution < -0.4 is 5.56 Å². The normalized spacial score (nSPS) is 11.4. The summed E-state index contributed by atoms with van der Waals surface area (Å²) in [7, 11) is 0. The molecule has 0 saturated carbocycles. The lowest BCUT2D eigenvalue weighted by molar-refractivity contribution is 0.0920.